The molecule has 0 aliphatic carbocycles. The lowest BCUT2D eigenvalue weighted by molar-refractivity contribution is -0.153. The number of hydrogen-bond donors (Lipinski definition) is 3. The highest BCUT2D eigenvalue weighted by atomic mass is 16.6. The maximum atomic E-state index is 13.0. The van der Waals surface area contributed by atoms with Crippen LogP contribution >= 0.6 is 0 Å². The summed E-state index contributed by atoms with van der Waals surface area (Å²) in [5.74, 6) is -1.04. The summed E-state index contributed by atoms with van der Waals surface area (Å²) in [5.41, 5.74) is 0.821. The molecule has 0 bridgehead atoms. The number of hydrogen-bond acceptors (Lipinski definition) is 10. The molecular weight excluding hydrogens is 528 g/mol. The maximum absolute atomic E-state index is 13.0. The van der Waals surface area contributed by atoms with Crippen LogP contribution in [0.2, 0.25) is 0 Å². The zero-order valence-corrected chi connectivity index (χ0v) is 23.9. The molecule has 0 saturated heterocycles. The molecule has 0 saturated carbocycles. The second kappa shape index (κ2) is 14.9. The topological polar surface area (TPSA) is 153 Å². The summed E-state index contributed by atoms with van der Waals surface area (Å²) in [4.78, 5) is 41.5. The number of carbonyl (C=O) groups excluding carboxylic acids is 3. The fraction of sp³-hybridized carbons (Fsp3) is 0.433. The predicted octanol–water partition coefficient (Wildman–Crippen LogP) is 3.60. The Morgan fingerprint density at radius 3 is 2.51 bits per heavy atom. The molecule has 3 rings (SSSR count). The number of aromatic hydroxyl groups is 1. The van der Waals surface area contributed by atoms with Gasteiger partial charge < -0.3 is 29.7 Å². The summed E-state index contributed by atoms with van der Waals surface area (Å²) in [7, 11) is 0. The number of ether oxygens (including phenoxy) is 2. The second-order valence-corrected chi connectivity index (χ2v) is 10.4. The minimum atomic E-state index is -0.920. The van der Waals surface area contributed by atoms with E-state index in [1.165, 1.54) is 12.1 Å². The number of amides is 1. The summed E-state index contributed by atoms with van der Waals surface area (Å²) in [5, 5.41) is 20.3. The Hall–Kier alpha value is -4.25. The molecule has 1 aromatic heterocycles. The summed E-state index contributed by atoms with van der Waals surface area (Å²) in [6.45, 7) is 8.14. The van der Waals surface area contributed by atoms with Crippen molar-refractivity contribution in [1.82, 2.24) is 20.8 Å². The van der Waals surface area contributed by atoms with Crippen molar-refractivity contribution in [1.29, 1.82) is 0 Å². The molecule has 3 aromatic rings. The number of carbonyl (C=O) groups is 3. The van der Waals surface area contributed by atoms with Crippen molar-refractivity contribution in [3.05, 3.63) is 65.5 Å². The van der Waals surface area contributed by atoms with E-state index in [0.29, 0.717) is 24.4 Å². The van der Waals surface area contributed by atoms with Crippen LogP contribution in [0.5, 0.6) is 5.75 Å². The lowest BCUT2D eigenvalue weighted by atomic mass is 10.0. The van der Waals surface area contributed by atoms with Crippen molar-refractivity contribution in [3.8, 4) is 17.1 Å². The van der Waals surface area contributed by atoms with Crippen LogP contribution < -0.4 is 10.6 Å². The van der Waals surface area contributed by atoms with E-state index in [0.717, 1.165) is 18.4 Å². The van der Waals surface area contributed by atoms with Gasteiger partial charge in [0.25, 0.3) is 5.91 Å². The number of unbranched alkanes of at least 4 members (excludes halogenated alkanes) is 1. The molecule has 2 aromatic carbocycles. The number of aryl methyl sites for hydroxylation is 1. The molecular formula is C30H38N4O7. The van der Waals surface area contributed by atoms with E-state index in [9.17, 15) is 19.5 Å². The molecule has 0 unspecified atom stereocenters. The zero-order chi connectivity index (χ0) is 29.8. The number of nitrogens with zero attached hydrogens (tertiary/aromatic N) is 2. The van der Waals surface area contributed by atoms with Gasteiger partial charge in [0.1, 0.15) is 17.4 Å². The van der Waals surface area contributed by atoms with Gasteiger partial charge in [-0.2, -0.15) is 4.98 Å². The van der Waals surface area contributed by atoms with Gasteiger partial charge in [-0.3, -0.25) is 9.59 Å². The van der Waals surface area contributed by atoms with Crippen LogP contribution in [0.15, 0.2) is 53.1 Å². The van der Waals surface area contributed by atoms with Crippen molar-refractivity contribution >= 4 is 17.8 Å². The fourth-order valence-corrected chi connectivity index (χ4v) is 3.95. The summed E-state index contributed by atoms with van der Waals surface area (Å²) in [6.07, 6.45) is 2.35. The standard InChI is InChI=1S/C30H38N4O7/c1-5-39-29(38)23(17-20-11-7-6-8-12-20)32-28(37)22-15-14-21(18-24(22)35)27-33-25(41-34-27)13-9-10-16-31-19-26(36)40-30(2,3)4/h6-8,11-12,14-15,18,23,31,35H,5,9-10,13,16-17,19H2,1-4H3,(H,32,37)/t23-/m0/s1. The SMILES string of the molecule is CCOC(=O)[C@H](Cc1ccccc1)NC(=O)c1ccc(-c2noc(CCCCNCC(=O)OC(C)(C)C)n2)cc1O. The normalized spacial score (nSPS) is 12.0. The zero-order valence-electron chi connectivity index (χ0n) is 23.9. The first kappa shape index (κ1) is 31.3. The van der Waals surface area contributed by atoms with Crippen molar-refractivity contribution < 1.29 is 33.5 Å². The molecule has 0 radical (unpaired) electrons. The summed E-state index contributed by atoms with van der Waals surface area (Å²) < 4.78 is 15.7. The Morgan fingerprint density at radius 1 is 1.07 bits per heavy atom. The third-order valence-corrected chi connectivity index (χ3v) is 5.81. The van der Waals surface area contributed by atoms with E-state index in [1.807, 2.05) is 51.1 Å². The third-order valence-electron chi connectivity index (χ3n) is 5.81. The van der Waals surface area contributed by atoms with Crippen molar-refractivity contribution in [3.63, 3.8) is 0 Å². The number of phenolic OH excluding ortho intramolecular Hbond substituents is 1. The highest BCUT2D eigenvalue weighted by molar-refractivity contribution is 5.99. The fourth-order valence-electron chi connectivity index (χ4n) is 3.95. The smallest absolute Gasteiger partial charge is 0.328 e. The number of nitrogens with one attached hydrogen (secondary N) is 2. The number of benzene rings is 2. The highest BCUT2D eigenvalue weighted by Gasteiger charge is 2.25. The quantitative estimate of drug-likeness (QED) is 0.195. The summed E-state index contributed by atoms with van der Waals surface area (Å²) in [6, 6.07) is 12.8. The molecule has 1 atom stereocenters. The van der Waals surface area contributed by atoms with E-state index in [-0.39, 0.29) is 42.7 Å². The Balaban J connectivity index is 1.53. The van der Waals surface area contributed by atoms with E-state index in [1.54, 1.807) is 13.0 Å². The van der Waals surface area contributed by atoms with E-state index < -0.39 is 23.5 Å². The molecule has 3 N–H and O–H groups in total. The van der Waals surface area contributed by atoms with Crippen molar-refractivity contribution in [2.45, 2.75) is 65.0 Å². The number of esters is 2. The van der Waals surface area contributed by atoms with Crippen LogP contribution in [0.3, 0.4) is 0 Å². The van der Waals surface area contributed by atoms with Gasteiger partial charge in [-0.1, -0.05) is 35.5 Å². The van der Waals surface area contributed by atoms with Gasteiger partial charge in [0.15, 0.2) is 0 Å². The lowest BCUT2D eigenvalue weighted by Crippen LogP contribution is -2.43. The average Bonchev–Trinajstić information content (AvgIpc) is 3.39. The van der Waals surface area contributed by atoms with Gasteiger partial charge in [0.2, 0.25) is 11.7 Å². The minimum absolute atomic E-state index is 0.00119. The monoisotopic (exact) mass is 566 g/mol. The minimum Gasteiger partial charge on any atom is -0.507 e. The van der Waals surface area contributed by atoms with Gasteiger partial charge in [-0.05, 0) is 70.8 Å². The Bertz CT molecular complexity index is 1300. The third kappa shape index (κ3) is 10.3. The molecule has 1 heterocycles. The molecule has 1 amide bonds. The molecule has 11 heteroatoms. The molecule has 220 valence electrons. The number of phenols is 1. The molecule has 0 fully saturated rings. The molecule has 0 aliphatic heterocycles. The van der Waals surface area contributed by atoms with Crippen LogP contribution in [-0.2, 0) is 31.9 Å². The number of aromatic nitrogens is 2. The summed E-state index contributed by atoms with van der Waals surface area (Å²) >= 11 is 0. The molecule has 11 nitrogen and oxygen atoms in total. The van der Waals surface area contributed by atoms with E-state index >= 15 is 0 Å². The van der Waals surface area contributed by atoms with Gasteiger partial charge >= 0.3 is 11.9 Å². The van der Waals surface area contributed by atoms with Crippen LogP contribution in [0.25, 0.3) is 11.4 Å². The Labute approximate surface area is 239 Å². The largest absolute Gasteiger partial charge is 0.507 e. The predicted molar refractivity (Wildman–Crippen MR) is 151 cm³/mol. The van der Waals surface area contributed by atoms with Crippen LogP contribution in [0.4, 0.5) is 0 Å². The maximum Gasteiger partial charge on any atom is 0.328 e. The average molecular weight is 567 g/mol. The Morgan fingerprint density at radius 2 is 1.83 bits per heavy atom. The number of rotatable bonds is 14. The molecule has 0 aliphatic rings. The van der Waals surface area contributed by atoms with Crippen LogP contribution in [0.1, 0.15) is 62.3 Å². The van der Waals surface area contributed by atoms with Crippen molar-refractivity contribution in [2.75, 3.05) is 19.7 Å². The van der Waals surface area contributed by atoms with Crippen LogP contribution in [-0.4, -0.2) is 64.4 Å². The second-order valence-electron chi connectivity index (χ2n) is 10.4. The first-order valence-electron chi connectivity index (χ1n) is 13.7. The highest BCUT2D eigenvalue weighted by Crippen LogP contribution is 2.25. The van der Waals surface area contributed by atoms with Crippen molar-refractivity contribution in [2.24, 2.45) is 0 Å². The molecule has 41 heavy (non-hydrogen) atoms. The Kier molecular flexibility index (Phi) is 11.4. The van der Waals surface area contributed by atoms with E-state index in [2.05, 4.69) is 20.8 Å². The lowest BCUT2D eigenvalue weighted by Gasteiger charge is -2.19. The first-order chi connectivity index (χ1) is 19.6. The van der Waals surface area contributed by atoms with Gasteiger partial charge in [-0.25, -0.2) is 4.79 Å². The van der Waals surface area contributed by atoms with Gasteiger partial charge in [0.05, 0.1) is 18.7 Å². The van der Waals surface area contributed by atoms with Crippen LogP contribution in [0, 0.1) is 0 Å². The molecule has 0 spiro atoms. The van der Waals surface area contributed by atoms with Gasteiger partial charge in [-0.15, -0.1) is 0 Å². The van der Waals surface area contributed by atoms with Gasteiger partial charge in [0, 0.05) is 18.4 Å². The first-order valence-corrected chi connectivity index (χ1v) is 13.7. The van der Waals surface area contributed by atoms with E-state index in [4.69, 9.17) is 14.0 Å².